The van der Waals surface area contributed by atoms with Crippen molar-refractivity contribution in [3.05, 3.63) is 54.6 Å². The van der Waals surface area contributed by atoms with Gasteiger partial charge in [0.2, 0.25) is 17.7 Å². The molecule has 7 atom stereocenters. The first-order valence-corrected chi connectivity index (χ1v) is 15.8. The second-order valence-electron chi connectivity index (χ2n) is 12.3. The number of aliphatic hydroxyl groups excluding tert-OH is 1. The highest BCUT2D eigenvalue weighted by Gasteiger charge is 2.79. The van der Waals surface area contributed by atoms with E-state index in [-0.39, 0.29) is 30.2 Å². The maximum atomic E-state index is 14.5. The number of carbonyl (C=O) groups excluding carboxylic acids is 3. The number of hydrogen-bond acceptors (Lipinski definition) is 6. The number of fused-ring (bicyclic) bond motifs is 1. The Kier molecular flexibility index (Phi) is 8.86. The first kappa shape index (κ1) is 31.0. The van der Waals surface area contributed by atoms with E-state index in [1.165, 1.54) is 0 Å². The van der Waals surface area contributed by atoms with Crippen molar-refractivity contribution in [1.29, 1.82) is 0 Å². The predicted molar refractivity (Wildman–Crippen MR) is 168 cm³/mol. The molecule has 5 rings (SSSR count). The van der Waals surface area contributed by atoms with E-state index in [0.717, 1.165) is 18.8 Å². The Hall–Kier alpha value is -3.43. The smallest absolute Gasteiger partial charge is 0.250 e. The van der Waals surface area contributed by atoms with Gasteiger partial charge >= 0.3 is 0 Å². The van der Waals surface area contributed by atoms with Crippen LogP contribution in [0, 0.1) is 17.8 Å². The summed E-state index contributed by atoms with van der Waals surface area (Å²) in [6.45, 7) is 11.6. The minimum absolute atomic E-state index is 0.0678. The number of hydrogen-bond donors (Lipinski definition) is 3. The lowest BCUT2D eigenvalue weighted by molar-refractivity contribution is -0.149. The molecule has 9 nitrogen and oxygen atoms in total. The second kappa shape index (κ2) is 12.3. The average Bonchev–Trinajstić information content (AvgIpc) is 3.63. The summed E-state index contributed by atoms with van der Waals surface area (Å²) in [7, 11) is 0. The molecule has 43 heavy (non-hydrogen) atoms. The molecule has 9 heteroatoms. The molecule has 0 aromatic heterocycles. The van der Waals surface area contributed by atoms with Gasteiger partial charge in [-0.15, -0.1) is 0 Å². The van der Waals surface area contributed by atoms with E-state index in [1.54, 1.807) is 4.90 Å². The number of carbonyl (C=O) groups is 3. The third-order valence-electron chi connectivity index (χ3n) is 10.3. The maximum Gasteiger partial charge on any atom is 0.250 e. The molecule has 232 valence electrons. The molecule has 2 aromatic carbocycles. The monoisotopic (exact) mass is 590 g/mol. The number of rotatable bonds is 12. The Morgan fingerprint density at radius 2 is 1.60 bits per heavy atom. The predicted octanol–water partition coefficient (Wildman–Crippen LogP) is 4.67. The van der Waals surface area contributed by atoms with Gasteiger partial charge in [0.25, 0.3) is 0 Å². The Morgan fingerprint density at radius 3 is 2.19 bits per heavy atom. The number of amides is 3. The van der Waals surface area contributed by atoms with Gasteiger partial charge in [-0.2, -0.15) is 0 Å². The molecule has 3 aliphatic rings. The van der Waals surface area contributed by atoms with Gasteiger partial charge in [-0.05, 0) is 75.4 Å². The first-order chi connectivity index (χ1) is 20.7. The van der Waals surface area contributed by atoms with Crippen LogP contribution in [0.4, 0.5) is 17.1 Å². The van der Waals surface area contributed by atoms with Crippen LogP contribution in [0.2, 0.25) is 0 Å². The Morgan fingerprint density at radius 1 is 0.977 bits per heavy atom. The van der Waals surface area contributed by atoms with Crippen molar-refractivity contribution in [2.24, 2.45) is 17.8 Å². The van der Waals surface area contributed by atoms with Crippen molar-refractivity contribution < 1.29 is 24.2 Å². The summed E-state index contributed by atoms with van der Waals surface area (Å²) in [5.41, 5.74) is 0.311. The van der Waals surface area contributed by atoms with E-state index in [9.17, 15) is 19.5 Å². The second-order valence-corrected chi connectivity index (χ2v) is 12.3. The van der Waals surface area contributed by atoms with Crippen LogP contribution >= 0.6 is 0 Å². The Labute approximate surface area is 255 Å². The summed E-state index contributed by atoms with van der Waals surface area (Å²) in [5, 5.41) is 16.6. The van der Waals surface area contributed by atoms with Gasteiger partial charge in [0.15, 0.2) is 0 Å². The molecule has 2 bridgehead atoms. The lowest BCUT2D eigenvalue weighted by Gasteiger charge is -2.39. The first-order valence-electron chi connectivity index (χ1n) is 15.8. The van der Waals surface area contributed by atoms with Crippen LogP contribution in [0.15, 0.2) is 54.6 Å². The van der Waals surface area contributed by atoms with Crippen molar-refractivity contribution in [3.63, 3.8) is 0 Å². The molecule has 3 saturated heterocycles. The van der Waals surface area contributed by atoms with Crippen LogP contribution < -0.4 is 15.5 Å². The molecule has 0 radical (unpaired) electrons. The fourth-order valence-electron chi connectivity index (χ4n) is 7.82. The maximum absolute atomic E-state index is 14.5. The van der Waals surface area contributed by atoms with Gasteiger partial charge in [-0.3, -0.25) is 14.4 Å². The van der Waals surface area contributed by atoms with Crippen LogP contribution in [0.5, 0.6) is 0 Å². The average molecular weight is 591 g/mol. The van der Waals surface area contributed by atoms with E-state index < -0.39 is 35.1 Å². The summed E-state index contributed by atoms with van der Waals surface area (Å²) < 4.78 is 6.88. The SMILES string of the molecule is CC[C@H](C)[C@H](CO)N1C(=O)[C@@H]2[C@@H](C(=O)Nc3ccccc3)[C@@]3(CC)CCC2(O3)C1C(=O)Nc1ccc(N(CC)CC)cc1. The third-order valence-corrected chi connectivity index (χ3v) is 10.3. The van der Waals surface area contributed by atoms with Crippen LogP contribution in [0.25, 0.3) is 0 Å². The van der Waals surface area contributed by atoms with Crippen molar-refractivity contribution in [2.45, 2.75) is 83.6 Å². The highest BCUT2D eigenvalue weighted by Crippen LogP contribution is 2.64. The summed E-state index contributed by atoms with van der Waals surface area (Å²) in [6, 6.07) is 15.3. The largest absolute Gasteiger partial charge is 0.394 e. The Balaban J connectivity index is 1.53. The number of likely N-dealkylation sites (tertiary alicyclic amines) is 1. The molecule has 1 spiro atoms. The quantitative estimate of drug-likeness (QED) is 0.331. The summed E-state index contributed by atoms with van der Waals surface area (Å²) >= 11 is 0. The summed E-state index contributed by atoms with van der Waals surface area (Å²) in [4.78, 5) is 46.6. The molecular formula is C34H46N4O5. The van der Waals surface area contributed by atoms with Crippen LogP contribution in [-0.4, -0.2) is 70.7 Å². The third kappa shape index (κ3) is 5.10. The molecule has 2 unspecified atom stereocenters. The van der Waals surface area contributed by atoms with E-state index in [1.807, 2.05) is 75.4 Å². The number of para-hydroxylation sites is 1. The number of anilines is 3. The van der Waals surface area contributed by atoms with E-state index in [2.05, 4.69) is 29.4 Å². The summed E-state index contributed by atoms with van der Waals surface area (Å²) in [5.74, 6) is -2.58. The number of ether oxygens (including phenoxy) is 1. The molecule has 3 heterocycles. The van der Waals surface area contributed by atoms with E-state index in [0.29, 0.717) is 37.1 Å². The zero-order chi connectivity index (χ0) is 30.9. The Bertz CT molecular complexity index is 1320. The van der Waals surface area contributed by atoms with E-state index in [4.69, 9.17) is 4.74 Å². The van der Waals surface area contributed by atoms with Crippen LogP contribution in [-0.2, 0) is 19.1 Å². The fourth-order valence-corrected chi connectivity index (χ4v) is 7.82. The minimum Gasteiger partial charge on any atom is -0.394 e. The number of benzene rings is 2. The van der Waals surface area contributed by atoms with Gasteiger partial charge in [0, 0.05) is 30.2 Å². The normalized spacial score (nSPS) is 28.8. The zero-order valence-electron chi connectivity index (χ0n) is 26.0. The number of nitrogens with zero attached hydrogens (tertiary/aromatic N) is 2. The van der Waals surface area contributed by atoms with Gasteiger partial charge in [0.1, 0.15) is 11.6 Å². The summed E-state index contributed by atoms with van der Waals surface area (Å²) in [6.07, 6.45) is 2.32. The molecule has 3 amide bonds. The van der Waals surface area contributed by atoms with Crippen molar-refractivity contribution in [2.75, 3.05) is 35.2 Å². The number of nitrogens with one attached hydrogen (secondary N) is 2. The van der Waals surface area contributed by atoms with Gasteiger partial charge < -0.3 is 30.3 Å². The topological polar surface area (TPSA) is 111 Å². The molecule has 0 aliphatic carbocycles. The lowest BCUT2D eigenvalue weighted by atomic mass is 9.65. The van der Waals surface area contributed by atoms with Gasteiger partial charge in [-0.1, -0.05) is 45.4 Å². The molecule has 0 saturated carbocycles. The fraction of sp³-hybridized carbons (Fsp3) is 0.559. The van der Waals surface area contributed by atoms with Crippen molar-refractivity contribution in [3.8, 4) is 0 Å². The highest BCUT2D eigenvalue weighted by atomic mass is 16.5. The molecule has 2 aromatic rings. The van der Waals surface area contributed by atoms with Crippen LogP contribution in [0.3, 0.4) is 0 Å². The molecular weight excluding hydrogens is 544 g/mol. The zero-order valence-corrected chi connectivity index (χ0v) is 26.0. The standard InChI is InChI=1S/C34H46N4O5/c1-6-22(5)26(21-39)38-29(31(41)36-24-15-17-25(18-16-24)37(8-3)9-4)34-20-19-33(7-2,43-34)27(28(34)32(38)42)30(40)35-23-13-11-10-12-14-23/h10-18,22,26-29,39H,6-9,19-21H2,1-5H3,(H,35,40)(H,36,41)/t22-,26-,27-,28-,29?,33+,34?/m0/s1. The van der Waals surface area contributed by atoms with Gasteiger partial charge in [0.05, 0.1) is 30.1 Å². The highest BCUT2D eigenvalue weighted by molar-refractivity contribution is 6.05. The molecule has 3 N–H and O–H groups in total. The number of aliphatic hydroxyl groups is 1. The van der Waals surface area contributed by atoms with Crippen molar-refractivity contribution >= 4 is 34.8 Å². The minimum atomic E-state index is -1.17. The van der Waals surface area contributed by atoms with Gasteiger partial charge in [-0.25, -0.2) is 0 Å². The van der Waals surface area contributed by atoms with Crippen LogP contribution in [0.1, 0.15) is 60.3 Å². The van der Waals surface area contributed by atoms with E-state index >= 15 is 0 Å². The molecule has 3 aliphatic heterocycles. The van der Waals surface area contributed by atoms with Crippen molar-refractivity contribution in [1.82, 2.24) is 4.90 Å². The molecule has 3 fully saturated rings. The lowest BCUT2D eigenvalue weighted by Crippen LogP contribution is -2.57.